The van der Waals surface area contributed by atoms with E-state index in [4.69, 9.17) is 9.47 Å². The maximum Gasteiger partial charge on any atom is 0.290 e. The van der Waals surface area contributed by atoms with E-state index < -0.39 is 17.7 Å². The fourth-order valence-electron chi connectivity index (χ4n) is 4.45. The Kier molecular flexibility index (Phi) is 6.30. The first-order valence-electron chi connectivity index (χ1n) is 11.7. The number of aliphatic hydroxyl groups excluding tert-OH is 1. The third-order valence-electron chi connectivity index (χ3n) is 6.21. The fourth-order valence-corrected chi connectivity index (χ4v) is 5.48. The molecule has 1 N–H and O–H groups in total. The average molecular weight is 491 g/mol. The molecule has 2 aromatic carbocycles. The highest BCUT2D eigenvalue weighted by Gasteiger charge is 2.44. The Morgan fingerprint density at radius 3 is 2.63 bits per heavy atom. The van der Waals surface area contributed by atoms with Crippen molar-refractivity contribution < 1.29 is 24.2 Å². The maximum absolute atomic E-state index is 13.9. The van der Waals surface area contributed by atoms with E-state index in [1.165, 1.54) is 11.3 Å². The van der Waals surface area contributed by atoms with Crippen LogP contribution in [0.3, 0.4) is 0 Å². The molecule has 0 saturated carbocycles. The van der Waals surface area contributed by atoms with Crippen LogP contribution in [0.15, 0.2) is 59.9 Å². The molecule has 0 fully saturated rings. The van der Waals surface area contributed by atoms with Gasteiger partial charge in [-0.3, -0.25) is 9.59 Å². The van der Waals surface area contributed by atoms with Crippen molar-refractivity contribution in [3.8, 4) is 22.1 Å². The van der Waals surface area contributed by atoms with Gasteiger partial charge in [0.05, 0.1) is 22.2 Å². The normalized spacial score (nSPS) is 17.3. The summed E-state index contributed by atoms with van der Waals surface area (Å²) in [7, 11) is 0. The van der Waals surface area contributed by atoms with E-state index in [2.05, 4.69) is 4.98 Å². The number of amides is 1. The average Bonchev–Trinajstić information content (AvgIpc) is 3.40. The van der Waals surface area contributed by atoms with Crippen LogP contribution in [0.1, 0.15) is 46.7 Å². The molecule has 0 bridgehead atoms. The molecular weight excluding hydrogens is 464 g/mol. The summed E-state index contributed by atoms with van der Waals surface area (Å²) in [6.45, 7) is 5.12. The van der Waals surface area contributed by atoms with Gasteiger partial charge >= 0.3 is 0 Å². The zero-order valence-electron chi connectivity index (χ0n) is 19.6. The molecule has 3 aromatic rings. The molecule has 3 heterocycles. The van der Waals surface area contributed by atoms with Gasteiger partial charge in [0.25, 0.3) is 5.91 Å². The van der Waals surface area contributed by atoms with Crippen molar-refractivity contribution in [2.24, 2.45) is 0 Å². The van der Waals surface area contributed by atoms with Crippen LogP contribution in [0.25, 0.3) is 10.6 Å². The highest BCUT2D eigenvalue weighted by atomic mass is 32.1. The van der Waals surface area contributed by atoms with Crippen LogP contribution in [0.5, 0.6) is 11.5 Å². The third kappa shape index (κ3) is 4.18. The molecule has 1 aromatic heterocycles. The van der Waals surface area contributed by atoms with Crippen LogP contribution >= 0.6 is 11.3 Å². The molecule has 35 heavy (non-hydrogen) atoms. The lowest BCUT2D eigenvalue weighted by Crippen LogP contribution is -2.32. The second kappa shape index (κ2) is 9.54. The molecule has 0 saturated heterocycles. The SMILES string of the molecule is CCCCN1C(=O)C(O)=C(C(=O)c2sc(-c3ccccc3)nc2C)C1c1ccc2c(c1)OCCO2. The lowest BCUT2D eigenvalue weighted by Gasteiger charge is -2.28. The lowest BCUT2D eigenvalue weighted by molar-refractivity contribution is -0.129. The molecule has 1 amide bonds. The molecule has 7 nitrogen and oxygen atoms in total. The van der Waals surface area contributed by atoms with Gasteiger partial charge in [-0.05, 0) is 31.0 Å². The largest absolute Gasteiger partial charge is 0.503 e. The van der Waals surface area contributed by atoms with Crippen molar-refractivity contribution in [2.45, 2.75) is 32.7 Å². The van der Waals surface area contributed by atoms with E-state index in [0.29, 0.717) is 47.4 Å². The number of nitrogens with zero attached hydrogens (tertiary/aromatic N) is 2. The minimum atomic E-state index is -0.723. The topological polar surface area (TPSA) is 89.0 Å². The highest BCUT2D eigenvalue weighted by molar-refractivity contribution is 7.17. The molecule has 1 atom stereocenters. The number of carbonyl (C=O) groups is 2. The number of carbonyl (C=O) groups excluding carboxylic acids is 2. The first kappa shape index (κ1) is 23.1. The van der Waals surface area contributed by atoms with Gasteiger partial charge in [-0.1, -0.05) is 49.7 Å². The van der Waals surface area contributed by atoms with Gasteiger partial charge in [0.15, 0.2) is 17.3 Å². The van der Waals surface area contributed by atoms with E-state index >= 15 is 0 Å². The summed E-state index contributed by atoms with van der Waals surface area (Å²) >= 11 is 1.27. The van der Waals surface area contributed by atoms with Crippen molar-refractivity contribution >= 4 is 23.0 Å². The van der Waals surface area contributed by atoms with Gasteiger partial charge in [0.1, 0.15) is 18.2 Å². The summed E-state index contributed by atoms with van der Waals surface area (Å²) in [5, 5.41) is 11.7. The van der Waals surface area contributed by atoms with Gasteiger partial charge in [-0.15, -0.1) is 11.3 Å². The summed E-state index contributed by atoms with van der Waals surface area (Å²) in [4.78, 5) is 33.6. The first-order valence-corrected chi connectivity index (χ1v) is 12.5. The molecule has 8 heteroatoms. The van der Waals surface area contributed by atoms with Crippen LogP contribution < -0.4 is 9.47 Å². The van der Waals surface area contributed by atoms with Crippen molar-refractivity contribution in [1.29, 1.82) is 0 Å². The molecule has 5 rings (SSSR count). The zero-order valence-corrected chi connectivity index (χ0v) is 20.4. The number of Topliss-reactive ketones (excluding diaryl/α,β-unsaturated/α-hetero) is 1. The molecule has 2 aliphatic rings. The molecule has 2 aliphatic heterocycles. The third-order valence-corrected chi connectivity index (χ3v) is 7.41. The number of aryl methyl sites for hydroxylation is 1. The highest BCUT2D eigenvalue weighted by Crippen LogP contribution is 2.43. The number of aliphatic hydroxyl groups is 1. The van der Waals surface area contributed by atoms with Crippen LogP contribution in [0.4, 0.5) is 0 Å². The molecule has 1 unspecified atom stereocenters. The Morgan fingerprint density at radius 2 is 1.89 bits per heavy atom. The second-order valence-corrected chi connectivity index (χ2v) is 9.55. The van der Waals surface area contributed by atoms with Crippen LogP contribution in [0.2, 0.25) is 0 Å². The number of ether oxygens (including phenoxy) is 2. The minimum absolute atomic E-state index is 0.0779. The Hall–Kier alpha value is -3.65. The standard InChI is InChI=1S/C27H26N2O5S/c1-3-4-12-29-22(18-10-11-19-20(15-18)34-14-13-33-19)21(24(31)27(29)32)23(30)25-16(2)28-26(35-25)17-8-6-5-7-9-17/h5-11,15,22,31H,3-4,12-14H2,1-2H3. The summed E-state index contributed by atoms with van der Waals surface area (Å²) < 4.78 is 11.4. The van der Waals surface area contributed by atoms with Crippen molar-refractivity contribution in [2.75, 3.05) is 19.8 Å². The fraction of sp³-hybridized carbons (Fsp3) is 0.296. The molecule has 0 radical (unpaired) electrons. The smallest absolute Gasteiger partial charge is 0.290 e. The second-order valence-electron chi connectivity index (χ2n) is 8.55. The number of fused-ring (bicyclic) bond motifs is 1. The zero-order chi connectivity index (χ0) is 24.5. The molecule has 0 spiro atoms. The maximum atomic E-state index is 13.9. The summed E-state index contributed by atoms with van der Waals surface area (Å²) in [6, 6.07) is 14.3. The molecule has 0 aliphatic carbocycles. The number of hydrogen-bond donors (Lipinski definition) is 1. The quantitative estimate of drug-likeness (QED) is 0.454. The first-order chi connectivity index (χ1) is 17.0. The number of benzene rings is 2. The number of ketones is 1. The predicted molar refractivity (Wildman–Crippen MR) is 133 cm³/mol. The van der Waals surface area contributed by atoms with E-state index in [-0.39, 0.29) is 11.4 Å². The Bertz CT molecular complexity index is 1310. The van der Waals surface area contributed by atoms with Crippen molar-refractivity contribution in [1.82, 2.24) is 9.88 Å². The lowest BCUT2D eigenvalue weighted by atomic mass is 9.94. The van der Waals surface area contributed by atoms with E-state index in [1.807, 2.05) is 43.3 Å². The predicted octanol–water partition coefficient (Wildman–Crippen LogP) is 5.27. The van der Waals surface area contributed by atoms with Gasteiger partial charge in [0.2, 0.25) is 5.78 Å². The van der Waals surface area contributed by atoms with Gasteiger partial charge < -0.3 is 19.5 Å². The number of aromatic nitrogens is 1. The Balaban J connectivity index is 1.57. The Labute approximate surface area is 207 Å². The number of unbranched alkanes of at least 4 members (excludes halogenated alkanes) is 1. The number of rotatable bonds is 7. The van der Waals surface area contributed by atoms with Crippen molar-refractivity contribution in [3.05, 3.63) is 76.0 Å². The van der Waals surface area contributed by atoms with E-state index in [0.717, 1.165) is 23.4 Å². The van der Waals surface area contributed by atoms with Crippen molar-refractivity contribution in [3.63, 3.8) is 0 Å². The van der Waals surface area contributed by atoms with Crippen LogP contribution in [0, 0.1) is 6.92 Å². The van der Waals surface area contributed by atoms with Crippen LogP contribution in [-0.4, -0.2) is 46.4 Å². The Morgan fingerprint density at radius 1 is 1.14 bits per heavy atom. The van der Waals surface area contributed by atoms with E-state index in [1.54, 1.807) is 24.0 Å². The van der Waals surface area contributed by atoms with Gasteiger partial charge in [-0.2, -0.15) is 0 Å². The molecular formula is C27H26N2O5S. The monoisotopic (exact) mass is 490 g/mol. The summed E-state index contributed by atoms with van der Waals surface area (Å²) in [5.41, 5.74) is 2.25. The van der Waals surface area contributed by atoms with E-state index in [9.17, 15) is 14.7 Å². The van der Waals surface area contributed by atoms with Gasteiger partial charge in [-0.25, -0.2) is 4.98 Å². The van der Waals surface area contributed by atoms with Gasteiger partial charge in [0, 0.05) is 12.1 Å². The molecule has 180 valence electrons. The minimum Gasteiger partial charge on any atom is -0.503 e. The summed E-state index contributed by atoms with van der Waals surface area (Å²) in [6.07, 6.45) is 1.62. The number of hydrogen-bond acceptors (Lipinski definition) is 7. The number of thiazole rings is 1. The summed E-state index contributed by atoms with van der Waals surface area (Å²) in [5.74, 6) is -0.231. The van der Waals surface area contributed by atoms with Crippen LogP contribution in [-0.2, 0) is 4.79 Å².